The smallest absolute Gasteiger partial charge is 0.251 e. The Labute approximate surface area is 185 Å². The van der Waals surface area contributed by atoms with Gasteiger partial charge in [-0.2, -0.15) is 0 Å². The van der Waals surface area contributed by atoms with Gasteiger partial charge in [0.2, 0.25) is 5.91 Å². The van der Waals surface area contributed by atoms with Crippen molar-refractivity contribution in [3.63, 3.8) is 0 Å². The van der Waals surface area contributed by atoms with Gasteiger partial charge in [0, 0.05) is 24.2 Å². The second kappa shape index (κ2) is 12.4. The third-order valence-corrected chi connectivity index (χ3v) is 5.62. The van der Waals surface area contributed by atoms with Gasteiger partial charge in [-0.25, -0.2) is 0 Å². The Balaban J connectivity index is 0.00000320. The SMILES string of the molecule is CC(CC(=O)Nc1ccc(C(=O)NCCc2ccccc2)cc1)C1CCCNC1.Cl. The zero-order valence-electron chi connectivity index (χ0n) is 17.5. The van der Waals surface area contributed by atoms with E-state index in [0.717, 1.165) is 25.2 Å². The molecule has 0 bridgehead atoms. The van der Waals surface area contributed by atoms with E-state index in [1.54, 1.807) is 24.3 Å². The number of hydrogen-bond donors (Lipinski definition) is 3. The predicted octanol–water partition coefficient (Wildman–Crippen LogP) is 4.05. The van der Waals surface area contributed by atoms with Gasteiger partial charge >= 0.3 is 0 Å². The van der Waals surface area contributed by atoms with Crippen molar-refractivity contribution < 1.29 is 9.59 Å². The Morgan fingerprint density at radius 3 is 2.50 bits per heavy atom. The van der Waals surface area contributed by atoms with E-state index in [9.17, 15) is 9.59 Å². The van der Waals surface area contributed by atoms with Crippen LogP contribution < -0.4 is 16.0 Å². The highest BCUT2D eigenvalue weighted by Crippen LogP contribution is 2.23. The summed E-state index contributed by atoms with van der Waals surface area (Å²) in [6, 6.07) is 17.2. The lowest BCUT2D eigenvalue weighted by Crippen LogP contribution is -2.34. The number of amides is 2. The molecule has 2 unspecified atom stereocenters. The second-order valence-corrected chi connectivity index (χ2v) is 7.90. The summed E-state index contributed by atoms with van der Waals surface area (Å²) in [5.41, 5.74) is 2.52. The maximum atomic E-state index is 12.3. The van der Waals surface area contributed by atoms with E-state index in [0.29, 0.717) is 30.4 Å². The lowest BCUT2D eigenvalue weighted by molar-refractivity contribution is -0.117. The summed E-state index contributed by atoms with van der Waals surface area (Å²) in [4.78, 5) is 24.6. The Kier molecular flexibility index (Phi) is 9.84. The summed E-state index contributed by atoms with van der Waals surface area (Å²) in [6.45, 7) is 4.83. The highest BCUT2D eigenvalue weighted by molar-refractivity contribution is 5.95. The molecule has 2 amide bonds. The van der Waals surface area contributed by atoms with E-state index >= 15 is 0 Å². The maximum absolute atomic E-state index is 12.3. The average Bonchev–Trinajstić information content (AvgIpc) is 2.75. The monoisotopic (exact) mass is 429 g/mol. The summed E-state index contributed by atoms with van der Waals surface area (Å²) in [7, 11) is 0. The minimum absolute atomic E-state index is 0. The molecule has 2 aromatic rings. The van der Waals surface area contributed by atoms with E-state index in [2.05, 4.69) is 35.0 Å². The number of hydrogen-bond acceptors (Lipinski definition) is 3. The Morgan fingerprint density at radius 1 is 1.10 bits per heavy atom. The van der Waals surface area contributed by atoms with Gasteiger partial charge in [0.25, 0.3) is 5.91 Å². The van der Waals surface area contributed by atoms with Crippen molar-refractivity contribution in [2.75, 3.05) is 25.0 Å². The van der Waals surface area contributed by atoms with E-state index < -0.39 is 0 Å². The lowest BCUT2D eigenvalue weighted by Gasteiger charge is -2.28. The first-order valence-corrected chi connectivity index (χ1v) is 10.5. The predicted molar refractivity (Wildman–Crippen MR) is 124 cm³/mol. The molecule has 0 aromatic heterocycles. The molecular formula is C24H32ClN3O2. The number of nitrogens with one attached hydrogen (secondary N) is 3. The fourth-order valence-electron chi connectivity index (χ4n) is 3.81. The second-order valence-electron chi connectivity index (χ2n) is 7.90. The van der Waals surface area contributed by atoms with Crippen LogP contribution in [-0.2, 0) is 11.2 Å². The summed E-state index contributed by atoms with van der Waals surface area (Å²) in [5, 5.41) is 9.30. The zero-order valence-corrected chi connectivity index (χ0v) is 18.3. The standard InChI is InChI=1S/C24H31N3O2.ClH/c1-18(21-8-5-14-25-17-21)16-23(28)27-22-11-9-20(10-12-22)24(29)26-15-13-19-6-3-2-4-7-19;/h2-4,6-7,9-12,18,21,25H,5,8,13-17H2,1H3,(H,26,29)(H,27,28);1H. The molecule has 3 N–H and O–H groups in total. The minimum Gasteiger partial charge on any atom is -0.352 e. The van der Waals surface area contributed by atoms with Crippen molar-refractivity contribution in [3.05, 3.63) is 65.7 Å². The molecule has 1 heterocycles. The van der Waals surface area contributed by atoms with Crippen LogP contribution in [0.3, 0.4) is 0 Å². The van der Waals surface area contributed by atoms with Crippen molar-refractivity contribution in [3.8, 4) is 0 Å². The third-order valence-electron chi connectivity index (χ3n) is 5.62. The van der Waals surface area contributed by atoms with Crippen LogP contribution in [-0.4, -0.2) is 31.4 Å². The average molecular weight is 430 g/mol. The molecule has 0 spiro atoms. The normalized spacial score (nSPS) is 16.8. The van der Waals surface area contributed by atoms with Crippen molar-refractivity contribution in [2.45, 2.75) is 32.6 Å². The summed E-state index contributed by atoms with van der Waals surface area (Å²) >= 11 is 0. The molecule has 6 heteroatoms. The Hall–Kier alpha value is -2.37. The summed E-state index contributed by atoms with van der Waals surface area (Å²) in [5.74, 6) is 0.856. The highest BCUT2D eigenvalue weighted by Gasteiger charge is 2.22. The molecule has 3 rings (SSSR count). The van der Waals surface area contributed by atoms with Crippen molar-refractivity contribution >= 4 is 29.9 Å². The van der Waals surface area contributed by atoms with E-state index in [4.69, 9.17) is 0 Å². The maximum Gasteiger partial charge on any atom is 0.251 e. The number of rotatable bonds is 8. The molecule has 0 aliphatic carbocycles. The molecule has 2 atom stereocenters. The van der Waals surface area contributed by atoms with Gasteiger partial charge in [0.05, 0.1) is 0 Å². The molecular weight excluding hydrogens is 398 g/mol. The van der Waals surface area contributed by atoms with Gasteiger partial charge < -0.3 is 16.0 Å². The molecule has 1 aliphatic heterocycles. The first-order chi connectivity index (χ1) is 14.1. The van der Waals surface area contributed by atoms with Crippen LogP contribution in [0.15, 0.2) is 54.6 Å². The van der Waals surface area contributed by atoms with Crippen LogP contribution in [0.25, 0.3) is 0 Å². The molecule has 0 saturated carbocycles. The van der Waals surface area contributed by atoms with E-state index in [-0.39, 0.29) is 24.2 Å². The molecule has 162 valence electrons. The number of halogens is 1. The van der Waals surface area contributed by atoms with Gasteiger partial charge in [-0.1, -0.05) is 37.3 Å². The van der Waals surface area contributed by atoms with E-state index in [1.165, 1.54) is 18.4 Å². The number of carbonyl (C=O) groups is 2. The summed E-state index contributed by atoms with van der Waals surface area (Å²) < 4.78 is 0. The van der Waals surface area contributed by atoms with Crippen LogP contribution in [0.5, 0.6) is 0 Å². The van der Waals surface area contributed by atoms with Crippen LogP contribution >= 0.6 is 12.4 Å². The van der Waals surface area contributed by atoms with E-state index in [1.807, 2.05) is 18.2 Å². The van der Waals surface area contributed by atoms with Gasteiger partial charge in [-0.15, -0.1) is 12.4 Å². The number of carbonyl (C=O) groups excluding carboxylic acids is 2. The molecule has 1 saturated heterocycles. The fraction of sp³-hybridized carbons (Fsp3) is 0.417. The quantitative estimate of drug-likeness (QED) is 0.593. The van der Waals surface area contributed by atoms with Gasteiger partial charge in [0.15, 0.2) is 0 Å². The van der Waals surface area contributed by atoms with Gasteiger partial charge in [-0.3, -0.25) is 9.59 Å². The highest BCUT2D eigenvalue weighted by atomic mass is 35.5. The molecule has 0 radical (unpaired) electrons. The van der Waals surface area contributed by atoms with Gasteiger partial charge in [-0.05, 0) is 74.0 Å². The van der Waals surface area contributed by atoms with Crippen molar-refractivity contribution in [1.29, 1.82) is 0 Å². The number of piperidine rings is 1. The topological polar surface area (TPSA) is 70.2 Å². The fourth-order valence-corrected chi connectivity index (χ4v) is 3.81. The number of benzene rings is 2. The molecule has 30 heavy (non-hydrogen) atoms. The number of anilines is 1. The molecule has 5 nitrogen and oxygen atoms in total. The lowest BCUT2D eigenvalue weighted by atomic mass is 9.85. The first kappa shape index (κ1) is 23.9. The van der Waals surface area contributed by atoms with Crippen LogP contribution in [0.1, 0.15) is 42.1 Å². The molecule has 2 aromatic carbocycles. The Bertz CT molecular complexity index is 790. The first-order valence-electron chi connectivity index (χ1n) is 10.5. The van der Waals surface area contributed by atoms with Gasteiger partial charge in [0.1, 0.15) is 0 Å². The minimum atomic E-state index is -0.0998. The van der Waals surface area contributed by atoms with Crippen molar-refractivity contribution in [2.24, 2.45) is 11.8 Å². The zero-order chi connectivity index (χ0) is 20.5. The molecule has 1 aliphatic rings. The third kappa shape index (κ3) is 7.47. The van der Waals surface area contributed by atoms with Crippen LogP contribution in [0.4, 0.5) is 5.69 Å². The van der Waals surface area contributed by atoms with Crippen LogP contribution in [0.2, 0.25) is 0 Å². The van der Waals surface area contributed by atoms with Crippen LogP contribution in [0, 0.1) is 11.8 Å². The van der Waals surface area contributed by atoms with Crippen molar-refractivity contribution in [1.82, 2.24) is 10.6 Å². The summed E-state index contributed by atoms with van der Waals surface area (Å²) in [6.07, 6.45) is 3.70. The largest absolute Gasteiger partial charge is 0.352 e. The Morgan fingerprint density at radius 2 is 1.83 bits per heavy atom. The molecule has 1 fully saturated rings.